The Kier molecular flexibility index (Phi) is 3.54. The van der Waals surface area contributed by atoms with Gasteiger partial charge in [0.25, 0.3) is 0 Å². The van der Waals surface area contributed by atoms with Crippen molar-refractivity contribution in [1.82, 2.24) is 5.32 Å². The Bertz CT molecular complexity index is 239. The summed E-state index contributed by atoms with van der Waals surface area (Å²) in [7, 11) is 0. The molecule has 0 unspecified atom stereocenters. The molecule has 15 heavy (non-hydrogen) atoms. The number of aliphatic hydroxyl groups excluding tert-OH is 1. The van der Waals surface area contributed by atoms with Crippen LogP contribution in [0.3, 0.4) is 0 Å². The Morgan fingerprint density at radius 2 is 2.07 bits per heavy atom. The second kappa shape index (κ2) is 4.35. The zero-order chi connectivity index (χ0) is 11.6. The molecule has 0 aromatic carbocycles. The zero-order valence-corrected chi connectivity index (χ0v) is 9.29. The van der Waals surface area contributed by atoms with E-state index in [4.69, 9.17) is 4.74 Å². The summed E-state index contributed by atoms with van der Waals surface area (Å²) in [5.74, 6) is 0. The van der Waals surface area contributed by atoms with E-state index in [1.165, 1.54) is 0 Å². The van der Waals surface area contributed by atoms with Crippen LogP contribution in [-0.4, -0.2) is 35.1 Å². The minimum absolute atomic E-state index is 0.0838. The summed E-state index contributed by atoms with van der Waals surface area (Å²) in [5, 5.41) is 11.6. The third kappa shape index (κ3) is 4.03. The zero-order valence-electron chi connectivity index (χ0n) is 9.29. The van der Waals surface area contributed by atoms with Crippen LogP contribution in [0.25, 0.3) is 0 Å². The van der Waals surface area contributed by atoms with Gasteiger partial charge in [0.2, 0.25) is 0 Å². The van der Waals surface area contributed by atoms with Crippen LogP contribution in [-0.2, 0) is 4.74 Å². The van der Waals surface area contributed by atoms with Crippen LogP contribution >= 0.6 is 0 Å². The second-order valence-corrected chi connectivity index (χ2v) is 4.89. The Morgan fingerprint density at radius 3 is 2.47 bits per heavy atom. The van der Waals surface area contributed by atoms with E-state index in [1.54, 1.807) is 20.8 Å². The first-order chi connectivity index (χ1) is 6.78. The smallest absolute Gasteiger partial charge is 0.407 e. The lowest BCUT2D eigenvalue weighted by atomic mass is 10.2. The monoisotopic (exact) mass is 219 g/mol. The molecule has 0 spiro atoms. The van der Waals surface area contributed by atoms with Crippen molar-refractivity contribution in [2.45, 2.75) is 57.5 Å². The number of halogens is 1. The number of hydrogen-bond donors (Lipinski definition) is 2. The molecular formula is C10H18FNO3. The molecule has 3 atom stereocenters. The molecule has 2 N–H and O–H groups in total. The van der Waals surface area contributed by atoms with Crippen molar-refractivity contribution >= 4 is 6.09 Å². The SMILES string of the molecule is CC(C)(C)OC(=O)N[C@@H]1C[C@H](O)C[C@H]1F. The first-order valence-corrected chi connectivity index (χ1v) is 5.09. The minimum Gasteiger partial charge on any atom is -0.444 e. The number of aliphatic hydroxyl groups is 1. The van der Waals surface area contributed by atoms with Crippen molar-refractivity contribution in [3.05, 3.63) is 0 Å². The van der Waals surface area contributed by atoms with Crippen LogP contribution in [0, 0.1) is 0 Å². The lowest BCUT2D eigenvalue weighted by Gasteiger charge is -2.22. The lowest BCUT2D eigenvalue weighted by Crippen LogP contribution is -2.41. The number of carbonyl (C=O) groups excluding carboxylic acids is 1. The van der Waals surface area contributed by atoms with Gasteiger partial charge in [-0.3, -0.25) is 0 Å². The van der Waals surface area contributed by atoms with Crippen molar-refractivity contribution in [3.8, 4) is 0 Å². The summed E-state index contributed by atoms with van der Waals surface area (Å²) in [6, 6.07) is -0.630. The minimum atomic E-state index is -1.19. The largest absolute Gasteiger partial charge is 0.444 e. The quantitative estimate of drug-likeness (QED) is 0.700. The van der Waals surface area contributed by atoms with Crippen molar-refractivity contribution in [3.63, 3.8) is 0 Å². The summed E-state index contributed by atoms with van der Waals surface area (Å²) in [6.45, 7) is 5.22. The number of alkyl carbamates (subject to hydrolysis) is 1. The maximum Gasteiger partial charge on any atom is 0.407 e. The summed E-state index contributed by atoms with van der Waals surface area (Å²) in [6.07, 6.45) is -2.15. The fourth-order valence-corrected chi connectivity index (χ4v) is 1.57. The van der Waals surface area contributed by atoms with E-state index >= 15 is 0 Å². The van der Waals surface area contributed by atoms with Gasteiger partial charge in [-0.1, -0.05) is 0 Å². The fraction of sp³-hybridized carbons (Fsp3) is 0.900. The molecule has 0 saturated heterocycles. The Balaban J connectivity index is 2.39. The van der Waals surface area contributed by atoms with E-state index in [9.17, 15) is 14.3 Å². The summed E-state index contributed by atoms with van der Waals surface area (Å²) >= 11 is 0. The maximum atomic E-state index is 13.2. The van der Waals surface area contributed by atoms with E-state index in [2.05, 4.69) is 5.32 Å². The van der Waals surface area contributed by atoms with Gasteiger partial charge in [0.15, 0.2) is 0 Å². The molecule has 1 aliphatic carbocycles. The van der Waals surface area contributed by atoms with Crippen molar-refractivity contribution in [2.75, 3.05) is 0 Å². The molecule has 0 radical (unpaired) electrons. The number of rotatable bonds is 1. The molecule has 88 valence electrons. The van der Waals surface area contributed by atoms with Crippen molar-refractivity contribution in [1.29, 1.82) is 0 Å². The predicted octanol–water partition coefficient (Wildman–Crippen LogP) is 1.37. The van der Waals surface area contributed by atoms with Crippen LogP contribution < -0.4 is 5.32 Å². The maximum absolute atomic E-state index is 13.2. The molecule has 1 saturated carbocycles. The Labute approximate surface area is 88.8 Å². The molecular weight excluding hydrogens is 201 g/mol. The first-order valence-electron chi connectivity index (χ1n) is 5.09. The van der Waals surface area contributed by atoms with Crippen LogP contribution in [0.4, 0.5) is 9.18 Å². The number of nitrogens with one attached hydrogen (secondary N) is 1. The number of amides is 1. The fourth-order valence-electron chi connectivity index (χ4n) is 1.57. The number of carbonyl (C=O) groups is 1. The van der Waals surface area contributed by atoms with Gasteiger partial charge in [0.1, 0.15) is 11.8 Å². The van der Waals surface area contributed by atoms with E-state index in [0.717, 1.165) is 0 Å². The third-order valence-electron chi connectivity index (χ3n) is 2.16. The normalized spacial score (nSPS) is 31.4. The standard InChI is InChI=1S/C10H18FNO3/c1-10(2,3)15-9(14)12-8-5-6(13)4-7(8)11/h6-8,13H,4-5H2,1-3H3,(H,12,14)/t6-,7-,8-/m1/s1. The van der Waals surface area contributed by atoms with Crippen molar-refractivity contribution in [2.24, 2.45) is 0 Å². The van der Waals surface area contributed by atoms with E-state index in [1.807, 2.05) is 0 Å². The highest BCUT2D eigenvalue weighted by Crippen LogP contribution is 2.23. The first kappa shape index (κ1) is 12.2. The number of ether oxygens (including phenoxy) is 1. The van der Waals surface area contributed by atoms with E-state index in [-0.39, 0.29) is 12.8 Å². The Hall–Kier alpha value is -0.840. The van der Waals surface area contributed by atoms with Gasteiger partial charge < -0.3 is 15.2 Å². The molecule has 0 bridgehead atoms. The van der Waals surface area contributed by atoms with Gasteiger partial charge >= 0.3 is 6.09 Å². The molecule has 1 rings (SSSR count). The van der Waals surface area contributed by atoms with Gasteiger partial charge in [-0.05, 0) is 27.2 Å². The molecule has 5 heteroatoms. The third-order valence-corrected chi connectivity index (χ3v) is 2.16. The summed E-state index contributed by atoms with van der Waals surface area (Å²) in [5.41, 5.74) is -0.590. The highest BCUT2D eigenvalue weighted by Gasteiger charge is 2.35. The van der Waals surface area contributed by atoms with E-state index in [0.29, 0.717) is 0 Å². The number of alkyl halides is 1. The average Bonchev–Trinajstić information content (AvgIpc) is 2.25. The van der Waals surface area contributed by atoms with Crippen LogP contribution in [0.15, 0.2) is 0 Å². The van der Waals surface area contributed by atoms with E-state index < -0.39 is 30.0 Å². The highest BCUT2D eigenvalue weighted by atomic mass is 19.1. The molecule has 1 aliphatic rings. The van der Waals surface area contributed by atoms with Crippen molar-refractivity contribution < 1.29 is 19.0 Å². The van der Waals surface area contributed by atoms with Gasteiger partial charge in [-0.25, -0.2) is 9.18 Å². The molecule has 0 aromatic rings. The second-order valence-electron chi connectivity index (χ2n) is 4.89. The topological polar surface area (TPSA) is 58.6 Å². The van der Waals surface area contributed by atoms with Gasteiger partial charge in [-0.15, -0.1) is 0 Å². The lowest BCUT2D eigenvalue weighted by molar-refractivity contribution is 0.0483. The summed E-state index contributed by atoms with van der Waals surface area (Å²) in [4.78, 5) is 11.3. The van der Waals surface area contributed by atoms with Gasteiger partial charge in [0, 0.05) is 6.42 Å². The molecule has 1 fully saturated rings. The molecule has 4 nitrogen and oxygen atoms in total. The van der Waals surface area contributed by atoms with Gasteiger partial charge in [-0.2, -0.15) is 0 Å². The average molecular weight is 219 g/mol. The number of hydrogen-bond acceptors (Lipinski definition) is 3. The molecule has 0 aliphatic heterocycles. The molecule has 0 heterocycles. The summed E-state index contributed by atoms with van der Waals surface area (Å²) < 4.78 is 18.2. The molecule has 1 amide bonds. The predicted molar refractivity (Wildman–Crippen MR) is 53.3 cm³/mol. The molecule has 0 aromatic heterocycles. The highest BCUT2D eigenvalue weighted by molar-refractivity contribution is 5.68. The van der Waals surface area contributed by atoms with Crippen LogP contribution in [0.5, 0.6) is 0 Å². The van der Waals surface area contributed by atoms with Crippen LogP contribution in [0.1, 0.15) is 33.6 Å². The Morgan fingerprint density at radius 1 is 1.47 bits per heavy atom. The van der Waals surface area contributed by atoms with Crippen LogP contribution in [0.2, 0.25) is 0 Å². The van der Waals surface area contributed by atoms with Gasteiger partial charge in [0.05, 0.1) is 12.1 Å².